The van der Waals surface area contributed by atoms with Crippen LogP contribution in [0.3, 0.4) is 0 Å². The molecule has 10 heavy (non-hydrogen) atoms. The molecule has 0 saturated heterocycles. The van der Waals surface area contributed by atoms with Crippen molar-refractivity contribution in [3.63, 3.8) is 0 Å². The first-order valence-corrected chi connectivity index (χ1v) is 4.80. The van der Waals surface area contributed by atoms with Crippen molar-refractivity contribution in [2.24, 2.45) is 0 Å². The maximum Gasteiger partial charge on any atom is 0.138 e. The van der Waals surface area contributed by atoms with Crippen molar-refractivity contribution in [1.82, 2.24) is 0 Å². The molecule has 0 aromatic heterocycles. The van der Waals surface area contributed by atoms with Crippen LogP contribution in [-0.4, -0.2) is 43.2 Å². The molecule has 0 fully saturated rings. The molecule has 1 N–H and O–H groups in total. The molecule has 0 aliphatic heterocycles. The molecule has 0 aliphatic carbocycles. The topological polar surface area (TPSA) is 60.4 Å². The average Bonchev–Trinajstić information content (AvgIpc) is 1.57. The molecule has 0 saturated carbocycles. The molecule has 0 heterocycles. The van der Waals surface area contributed by atoms with Gasteiger partial charge in [-0.15, -0.1) is 0 Å². The van der Waals surface area contributed by atoms with Gasteiger partial charge in [0.1, 0.15) is 7.60 Å². The van der Waals surface area contributed by atoms with E-state index in [0.29, 0.717) is 11.0 Å². The summed E-state index contributed by atoms with van der Waals surface area (Å²) in [6, 6.07) is 0. The third-order valence-electron chi connectivity index (χ3n) is 1.05. The van der Waals surface area contributed by atoms with Gasteiger partial charge in [0, 0.05) is 0 Å². The Morgan fingerprint density at radius 1 is 1.50 bits per heavy atom. The summed E-state index contributed by atoms with van der Waals surface area (Å²) in [5.41, 5.74) is 0. The second-order valence-corrected chi connectivity index (χ2v) is 5.10. The lowest BCUT2D eigenvalue weighted by atomic mass is 10.6. The van der Waals surface area contributed by atoms with Crippen LogP contribution in [0.2, 0.25) is 0 Å². The molecule has 5 heteroatoms. The summed E-state index contributed by atoms with van der Waals surface area (Å²) >= 11 is 0. The van der Waals surface area contributed by atoms with Crippen LogP contribution >= 0.6 is 7.60 Å². The van der Waals surface area contributed by atoms with Crippen molar-refractivity contribution in [2.75, 3.05) is 33.8 Å². The summed E-state index contributed by atoms with van der Waals surface area (Å²) in [6.45, 7) is 0.442. The van der Waals surface area contributed by atoms with Crippen LogP contribution in [0.1, 0.15) is 0 Å². The standard InChI is InChI=1S/C5H14NO3P/c1-6(2,3)4-5-10(7,8)9/h4-5H2,1-3H3,(H-,7,8,9). The van der Waals surface area contributed by atoms with Crippen molar-refractivity contribution < 1.29 is 18.8 Å². The van der Waals surface area contributed by atoms with Crippen molar-refractivity contribution in [1.29, 1.82) is 0 Å². The van der Waals surface area contributed by atoms with Gasteiger partial charge in [0.25, 0.3) is 0 Å². The first-order chi connectivity index (χ1) is 4.21. The van der Waals surface area contributed by atoms with Crippen LogP contribution in [0.15, 0.2) is 0 Å². The third kappa shape index (κ3) is 8.11. The second-order valence-electron chi connectivity index (χ2n) is 3.37. The monoisotopic (exact) mass is 167 g/mol. The van der Waals surface area contributed by atoms with E-state index in [4.69, 9.17) is 4.89 Å². The van der Waals surface area contributed by atoms with Crippen LogP contribution in [0, 0.1) is 0 Å². The minimum Gasteiger partial charge on any atom is -0.778 e. The summed E-state index contributed by atoms with van der Waals surface area (Å²) in [4.78, 5) is 18.6. The third-order valence-corrected chi connectivity index (χ3v) is 1.82. The summed E-state index contributed by atoms with van der Waals surface area (Å²) in [5, 5.41) is 0. The minimum atomic E-state index is -4.03. The lowest BCUT2D eigenvalue weighted by molar-refractivity contribution is -0.868. The van der Waals surface area contributed by atoms with E-state index in [2.05, 4.69) is 0 Å². The van der Waals surface area contributed by atoms with E-state index in [1.165, 1.54) is 0 Å². The van der Waals surface area contributed by atoms with Gasteiger partial charge in [-0.2, -0.15) is 0 Å². The molecule has 0 rings (SSSR count). The Kier molecular flexibility index (Phi) is 3.04. The van der Waals surface area contributed by atoms with Crippen LogP contribution in [0.4, 0.5) is 0 Å². The van der Waals surface area contributed by atoms with E-state index >= 15 is 0 Å². The number of nitrogens with zero attached hydrogens (tertiary/aromatic N) is 1. The van der Waals surface area contributed by atoms with Crippen LogP contribution in [0.5, 0.6) is 0 Å². The van der Waals surface area contributed by atoms with Crippen molar-refractivity contribution in [2.45, 2.75) is 0 Å². The van der Waals surface area contributed by atoms with Gasteiger partial charge >= 0.3 is 0 Å². The Hall–Kier alpha value is 0.110. The zero-order valence-corrected chi connectivity index (χ0v) is 7.47. The highest BCUT2D eigenvalue weighted by atomic mass is 31.2. The normalized spacial score (nSPS) is 18.5. The van der Waals surface area contributed by atoms with E-state index in [1.54, 1.807) is 0 Å². The molecule has 62 valence electrons. The quantitative estimate of drug-likeness (QED) is 0.444. The lowest BCUT2D eigenvalue weighted by Crippen LogP contribution is -2.37. The van der Waals surface area contributed by atoms with E-state index in [1.807, 2.05) is 21.1 Å². The van der Waals surface area contributed by atoms with Gasteiger partial charge in [-0.1, -0.05) is 0 Å². The van der Waals surface area contributed by atoms with Gasteiger partial charge in [0.15, 0.2) is 0 Å². The van der Waals surface area contributed by atoms with Crippen LogP contribution in [-0.2, 0) is 4.57 Å². The lowest BCUT2D eigenvalue weighted by Gasteiger charge is -2.26. The molecule has 0 aromatic carbocycles. The molecular weight excluding hydrogens is 153 g/mol. The van der Waals surface area contributed by atoms with Gasteiger partial charge in [-0.25, -0.2) is 0 Å². The molecule has 0 amide bonds. The molecule has 0 aliphatic rings. The smallest absolute Gasteiger partial charge is 0.138 e. The van der Waals surface area contributed by atoms with Crippen molar-refractivity contribution in [3.8, 4) is 0 Å². The molecular formula is C5H14NO3P. The predicted molar refractivity (Wildman–Crippen MR) is 37.6 cm³/mol. The van der Waals surface area contributed by atoms with E-state index in [-0.39, 0.29) is 6.16 Å². The maximum atomic E-state index is 10.3. The summed E-state index contributed by atoms with van der Waals surface area (Å²) in [5.74, 6) is 0. The predicted octanol–water partition coefficient (Wildman–Crippen LogP) is -0.762. The number of hydrogen-bond donors (Lipinski definition) is 1. The first-order valence-electron chi connectivity index (χ1n) is 3.04. The molecule has 0 aromatic rings. The zero-order chi connectivity index (χ0) is 8.41. The average molecular weight is 167 g/mol. The Morgan fingerprint density at radius 2 is 1.90 bits per heavy atom. The van der Waals surface area contributed by atoms with Gasteiger partial charge in [0.05, 0.1) is 33.8 Å². The fourth-order valence-electron chi connectivity index (χ4n) is 0.426. The Balaban J connectivity index is 3.67. The first kappa shape index (κ1) is 10.1. The van der Waals surface area contributed by atoms with Gasteiger partial charge < -0.3 is 18.8 Å². The van der Waals surface area contributed by atoms with Crippen molar-refractivity contribution >= 4 is 7.60 Å². The summed E-state index contributed by atoms with van der Waals surface area (Å²) in [6.07, 6.45) is -0.142. The highest BCUT2D eigenvalue weighted by Crippen LogP contribution is 2.28. The van der Waals surface area contributed by atoms with Gasteiger partial charge in [-0.05, 0) is 0 Å². The number of quaternary nitrogens is 1. The number of hydrogen-bond acceptors (Lipinski definition) is 2. The summed E-state index contributed by atoms with van der Waals surface area (Å²) in [7, 11) is 1.58. The molecule has 4 nitrogen and oxygen atoms in total. The molecule has 0 spiro atoms. The fraction of sp³-hybridized carbons (Fsp3) is 1.00. The Morgan fingerprint density at radius 3 is 2.00 bits per heavy atom. The van der Waals surface area contributed by atoms with Crippen molar-refractivity contribution in [3.05, 3.63) is 0 Å². The maximum absolute atomic E-state index is 10.3. The van der Waals surface area contributed by atoms with Gasteiger partial charge in [-0.3, -0.25) is 0 Å². The molecule has 0 radical (unpaired) electrons. The molecule has 1 atom stereocenters. The largest absolute Gasteiger partial charge is 0.778 e. The highest BCUT2D eigenvalue weighted by Gasteiger charge is 2.10. The highest BCUT2D eigenvalue weighted by molar-refractivity contribution is 7.50. The van der Waals surface area contributed by atoms with Crippen LogP contribution < -0.4 is 4.89 Å². The molecule has 1 unspecified atom stereocenters. The van der Waals surface area contributed by atoms with E-state index < -0.39 is 7.60 Å². The second kappa shape index (κ2) is 3.01. The van der Waals surface area contributed by atoms with Crippen LogP contribution in [0.25, 0.3) is 0 Å². The van der Waals surface area contributed by atoms with E-state index in [9.17, 15) is 9.46 Å². The number of rotatable bonds is 3. The fourth-order valence-corrected chi connectivity index (χ4v) is 1.28. The van der Waals surface area contributed by atoms with Gasteiger partial charge in [0.2, 0.25) is 0 Å². The minimum absolute atomic E-state index is 0.142. The zero-order valence-electron chi connectivity index (χ0n) is 6.57. The molecule has 0 bridgehead atoms. The summed E-state index contributed by atoms with van der Waals surface area (Å²) < 4.78 is 10.8. The Labute approximate surface area is 61.2 Å². The Bertz CT molecular complexity index is 145. The SMILES string of the molecule is C[N+](C)(C)CCP(=O)([O-])O. The van der Waals surface area contributed by atoms with E-state index in [0.717, 1.165) is 0 Å².